The van der Waals surface area contributed by atoms with E-state index in [4.69, 9.17) is 11.6 Å². The minimum absolute atomic E-state index is 0.107. The molecule has 0 unspecified atom stereocenters. The number of nitrogens with one attached hydrogen (secondary N) is 1. The lowest BCUT2D eigenvalue weighted by Gasteiger charge is -2.06. The molecule has 0 aliphatic rings. The molecule has 1 amide bonds. The van der Waals surface area contributed by atoms with Gasteiger partial charge in [0.05, 0.1) is 5.56 Å². The number of carbonyl (C=O) groups is 1. The van der Waals surface area contributed by atoms with Crippen molar-refractivity contribution in [2.75, 3.05) is 0 Å². The first-order valence-corrected chi connectivity index (χ1v) is 6.80. The molecule has 0 bridgehead atoms. The number of aromatic hydroxyl groups is 1. The highest BCUT2D eigenvalue weighted by molar-refractivity contribution is 6.31. The van der Waals surface area contributed by atoms with Crippen molar-refractivity contribution < 1.29 is 9.90 Å². The Bertz CT molecular complexity index is 465. The van der Waals surface area contributed by atoms with Gasteiger partial charge in [0.1, 0.15) is 5.75 Å². The second-order valence-corrected chi connectivity index (χ2v) is 4.72. The van der Waals surface area contributed by atoms with Crippen LogP contribution in [0.15, 0.2) is 23.3 Å². The summed E-state index contributed by atoms with van der Waals surface area (Å²) in [4.78, 5) is 11.9. The quantitative estimate of drug-likeness (QED) is 0.617. The van der Waals surface area contributed by atoms with Gasteiger partial charge in [0.25, 0.3) is 5.91 Å². The molecule has 0 saturated carbocycles. The van der Waals surface area contributed by atoms with E-state index in [-0.39, 0.29) is 11.3 Å². The third-order valence-electron chi connectivity index (χ3n) is 2.60. The Labute approximate surface area is 118 Å². The largest absolute Gasteiger partial charge is 0.507 e. The predicted molar refractivity (Wildman–Crippen MR) is 77.8 cm³/mol. The molecule has 0 fully saturated rings. The van der Waals surface area contributed by atoms with Crippen molar-refractivity contribution in [3.63, 3.8) is 0 Å². The smallest absolute Gasteiger partial charge is 0.275 e. The molecule has 0 aliphatic heterocycles. The molecule has 0 radical (unpaired) electrons. The van der Waals surface area contributed by atoms with Gasteiger partial charge in [0.15, 0.2) is 0 Å². The van der Waals surface area contributed by atoms with E-state index < -0.39 is 5.91 Å². The van der Waals surface area contributed by atoms with E-state index in [1.54, 1.807) is 0 Å². The van der Waals surface area contributed by atoms with Crippen molar-refractivity contribution in [1.82, 2.24) is 5.43 Å². The first kappa shape index (κ1) is 15.5. The molecule has 1 aromatic rings. The number of hydrogen-bond acceptors (Lipinski definition) is 3. The minimum Gasteiger partial charge on any atom is -0.507 e. The zero-order chi connectivity index (χ0) is 14.3. The Balaban J connectivity index is 2.78. The third kappa shape index (κ3) is 4.91. The van der Waals surface area contributed by atoms with Crippen LogP contribution in [0.3, 0.4) is 0 Å². The normalized spacial score (nSPS) is 10.1. The van der Waals surface area contributed by atoms with Gasteiger partial charge >= 0.3 is 0 Å². The number of phenols is 1. The molecule has 0 heterocycles. The standard InChI is InChI=1S/C14H19ClN2O2/c1-3-5-11(6-4-2)16-17-14(19)12-9-10(15)7-8-13(12)18/h7-9,18H,3-6H2,1-2H3,(H,17,19). The van der Waals surface area contributed by atoms with Gasteiger partial charge in [0.2, 0.25) is 0 Å². The van der Waals surface area contributed by atoms with Crippen LogP contribution in [0.1, 0.15) is 49.9 Å². The molecule has 1 aromatic carbocycles. The lowest BCUT2D eigenvalue weighted by Crippen LogP contribution is -2.20. The van der Waals surface area contributed by atoms with Gasteiger partial charge in [-0.2, -0.15) is 5.10 Å². The molecular weight excluding hydrogens is 264 g/mol. The van der Waals surface area contributed by atoms with E-state index >= 15 is 0 Å². The molecule has 19 heavy (non-hydrogen) atoms. The Morgan fingerprint density at radius 1 is 1.32 bits per heavy atom. The van der Waals surface area contributed by atoms with Crippen molar-refractivity contribution in [3.8, 4) is 5.75 Å². The van der Waals surface area contributed by atoms with Crippen LogP contribution in [0.5, 0.6) is 5.75 Å². The summed E-state index contributed by atoms with van der Waals surface area (Å²) < 4.78 is 0. The zero-order valence-corrected chi connectivity index (χ0v) is 12.0. The van der Waals surface area contributed by atoms with Crippen LogP contribution in [0.25, 0.3) is 0 Å². The molecule has 2 N–H and O–H groups in total. The number of rotatable bonds is 6. The predicted octanol–water partition coefficient (Wildman–Crippen LogP) is 3.73. The summed E-state index contributed by atoms with van der Waals surface area (Å²) in [7, 11) is 0. The third-order valence-corrected chi connectivity index (χ3v) is 2.83. The Hall–Kier alpha value is -1.55. The number of halogens is 1. The highest BCUT2D eigenvalue weighted by atomic mass is 35.5. The van der Waals surface area contributed by atoms with Gasteiger partial charge in [-0.1, -0.05) is 38.3 Å². The number of phenolic OH excluding ortho intramolecular Hbond substituents is 1. The molecule has 0 aliphatic carbocycles. The topological polar surface area (TPSA) is 61.7 Å². The summed E-state index contributed by atoms with van der Waals surface area (Å²) in [5.41, 5.74) is 3.55. The maximum atomic E-state index is 11.9. The van der Waals surface area contributed by atoms with Crippen molar-refractivity contribution >= 4 is 23.2 Å². The highest BCUT2D eigenvalue weighted by Crippen LogP contribution is 2.21. The van der Waals surface area contributed by atoms with E-state index in [1.165, 1.54) is 18.2 Å². The van der Waals surface area contributed by atoms with Crippen LogP contribution in [-0.2, 0) is 0 Å². The number of nitrogens with zero attached hydrogens (tertiary/aromatic N) is 1. The number of amides is 1. The second kappa shape index (κ2) is 7.79. The molecule has 5 heteroatoms. The summed E-state index contributed by atoms with van der Waals surface area (Å²) in [6, 6.07) is 4.33. The fraction of sp³-hybridized carbons (Fsp3) is 0.429. The number of hydrazone groups is 1. The van der Waals surface area contributed by atoms with Crippen molar-refractivity contribution in [1.29, 1.82) is 0 Å². The van der Waals surface area contributed by atoms with E-state index in [0.717, 1.165) is 31.4 Å². The summed E-state index contributed by atoms with van der Waals surface area (Å²) in [6.07, 6.45) is 3.68. The summed E-state index contributed by atoms with van der Waals surface area (Å²) >= 11 is 5.80. The first-order chi connectivity index (χ1) is 9.08. The van der Waals surface area contributed by atoms with Crippen molar-refractivity contribution in [3.05, 3.63) is 28.8 Å². The van der Waals surface area contributed by atoms with E-state index in [1.807, 2.05) is 0 Å². The first-order valence-electron chi connectivity index (χ1n) is 6.42. The van der Waals surface area contributed by atoms with Crippen LogP contribution in [0, 0.1) is 0 Å². The van der Waals surface area contributed by atoms with Crippen LogP contribution in [0.2, 0.25) is 5.02 Å². The lowest BCUT2D eigenvalue weighted by molar-refractivity contribution is 0.0952. The van der Waals surface area contributed by atoms with Gasteiger partial charge in [-0.3, -0.25) is 4.79 Å². The van der Waals surface area contributed by atoms with Crippen molar-refractivity contribution in [2.45, 2.75) is 39.5 Å². The summed E-state index contributed by atoms with van der Waals surface area (Å²) in [5, 5.41) is 14.1. The Morgan fingerprint density at radius 3 is 2.53 bits per heavy atom. The molecule has 1 rings (SSSR count). The summed E-state index contributed by atoms with van der Waals surface area (Å²) in [6.45, 7) is 4.13. The van der Waals surface area contributed by atoms with Gasteiger partial charge in [0, 0.05) is 10.7 Å². The Kier molecular flexibility index (Phi) is 6.36. The molecule has 0 aromatic heterocycles. The molecule has 0 spiro atoms. The van der Waals surface area contributed by atoms with E-state index in [0.29, 0.717) is 5.02 Å². The van der Waals surface area contributed by atoms with E-state index in [2.05, 4.69) is 24.4 Å². The number of benzene rings is 1. The maximum absolute atomic E-state index is 11.9. The average molecular weight is 283 g/mol. The number of carbonyl (C=O) groups excluding carboxylic acids is 1. The second-order valence-electron chi connectivity index (χ2n) is 4.28. The monoisotopic (exact) mass is 282 g/mol. The molecular formula is C14H19ClN2O2. The number of hydrogen-bond donors (Lipinski definition) is 2. The van der Waals surface area contributed by atoms with Crippen LogP contribution < -0.4 is 5.43 Å². The van der Waals surface area contributed by atoms with Gasteiger partial charge in [-0.05, 0) is 31.0 Å². The maximum Gasteiger partial charge on any atom is 0.275 e. The molecule has 0 atom stereocenters. The zero-order valence-electron chi connectivity index (χ0n) is 11.2. The van der Waals surface area contributed by atoms with Crippen LogP contribution in [0.4, 0.5) is 0 Å². The lowest BCUT2D eigenvalue weighted by atomic mass is 10.1. The fourth-order valence-corrected chi connectivity index (χ4v) is 1.87. The SMILES string of the molecule is CCCC(CCC)=NNC(=O)c1cc(Cl)ccc1O. The van der Waals surface area contributed by atoms with Crippen LogP contribution in [-0.4, -0.2) is 16.7 Å². The van der Waals surface area contributed by atoms with Gasteiger partial charge in [-0.25, -0.2) is 5.43 Å². The molecule has 104 valence electrons. The Morgan fingerprint density at radius 2 is 1.95 bits per heavy atom. The van der Waals surface area contributed by atoms with Crippen LogP contribution >= 0.6 is 11.6 Å². The highest BCUT2D eigenvalue weighted by Gasteiger charge is 2.11. The van der Waals surface area contributed by atoms with Crippen molar-refractivity contribution in [2.24, 2.45) is 5.10 Å². The average Bonchev–Trinajstić information content (AvgIpc) is 2.39. The summed E-state index contributed by atoms with van der Waals surface area (Å²) in [5.74, 6) is -0.561. The fourth-order valence-electron chi connectivity index (χ4n) is 1.69. The minimum atomic E-state index is -0.454. The van der Waals surface area contributed by atoms with Gasteiger partial charge in [-0.15, -0.1) is 0 Å². The van der Waals surface area contributed by atoms with E-state index in [9.17, 15) is 9.90 Å². The van der Waals surface area contributed by atoms with Gasteiger partial charge < -0.3 is 5.11 Å². The molecule has 4 nitrogen and oxygen atoms in total. The molecule has 0 saturated heterocycles.